The van der Waals surface area contributed by atoms with Gasteiger partial charge in [0.2, 0.25) is 4.62 Å². The molecule has 6 nitrogen and oxygen atoms in total. The van der Waals surface area contributed by atoms with E-state index in [1.807, 2.05) is 0 Å². The summed E-state index contributed by atoms with van der Waals surface area (Å²) in [6, 6.07) is 5.87. The molecular weight excluding hydrogens is 465 g/mol. The Kier molecular flexibility index (Phi) is 3.55. The predicted octanol–water partition coefficient (Wildman–Crippen LogP) is 3.93. The van der Waals surface area contributed by atoms with E-state index < -0.39 is 11.9 Å². The molecule has 2 aromatic heterocycles. The van der Waals surface area contributed by atoms with Crippen LogP contribution in [0.15, 0.2) is 52.9 Å². The summed E-state index contributed by atoms with van der Waals surface area (Å²) >= 11 is 6.34. The molecule has 0 fully saturated rings. The van der Waals surface area contributed by atoms with Crippen molar-refractivity contribution in [1.82, 2.24) is 9.46 Å². The third kappa shape index (κ3) is 2.25. The molecule has 0 saturated carbocycles. The molecule has 0 bridgehead atoms. The number of hydrogen-bond donors (Lipinski definition) is 0. The predicted molar refractivity (Wildman–Crippen MR) is 95.7 cm³/mol. The van der Waals surface area contributed by atoms with Crippen molar-refractivity contribution in [2.75, 3.05) is 0 Å². The number of nitro groups is 1. The van der Waals surface area contributed by atoms with Crippen LogP contribution in [0.2, 0.25) is 0 Å². The number of allylic oxidation sites excluding steroid dienone is 2. The van der Waals surface area contributed by atoms with Gasteiger partial charge in [-0.2, -0.15) is 0 Å². The summed E-state index contributed by atoms with van der Waals surface area (Å²) < 4.78 is 32.4. The fourth-order valence-corrected chi connectivity index (χ4v) is 4.18. The summed E-state index contributed by atoms with van der Waals surface area (Å²) in [5.74, 6) is 0. The van der Waals surface area contributed by atoms with Crippen LogP contribution in [0.3, 0.4) is 0 Å². The van der Waals surface area contributed by atoms with Crippen LogP contribution in [0.5, 0.6) is 0 Å². The van der Waals surface area contributed by atoms with Crippen molar-refractivity contribution in [3.05, 3.63) is 74.4 Å². The molecular formula is C14H7BBr2F2N4O2. The van der Waals surface area contributed by atoms with Crippen molar-refractivity contribution >= 4 is 54.7 Å². The number of pyridine rings is 1. The van der Waals surface area contributed by atoms with E-state index in [0.717, 1.165) is 15.2 Å². The molecule has 0 spiro atoms. The molecule has 4 heterocycles. The molecule has 2 aliphatic rings. The number of hydrogen-bond acceptors (Lipinski definition) is 3. The third-order valence-electron chi connectivity index (χ3n) is 4.09. The number of nitrogens with zero attached hydrogens (tertiary/aromatic N) is 4. The van der Waals surface area contributed by atoms with Gasteiger partial charge in [-0.05, 0) is 34.1 Å². The maximum Gasteiger partial charge on any atom is 0.738 e. The summed E-state index contributed by atoms with van der Waals surface area (Å²) in [6.45, 7) is -4.10. The Morgan fingerprint density at radius 3 is 2.60 bits per heavy atom. The number of fused-ring (bicyclic) bond motifs is 2. The molecule has 0 atom stereocenters. The third-order valence-corrected chi connectivity index (χ3v) is 5.38. The van der Waals surface area contributed by atoms with E-state index >= 15 is 8.63 Å². The van der Waals surface area contributed by atoms with Gasteiger partial charge in [0.1, 0.15) is 6.20 Å². The van der Waals surface area contributed by atoms with Gasteiger partial charge in [-0.15, -0.1) is 0 Å². The minimum Gasteiger partial charge on any atom is -0.389 e. The van der Waals surface area contributed by atoms with Crippen LogP contribution in [0.4, 0.5) is 14.3 Å². The van der Waals surface area contributed by atoms with E-state index in [2.05, 4.69) is 36.8 Å². The second-order valence-electron chi connectivity index (χ2n) is 5.44. The van der Waals surface area contributed by atoms with Crippen LogP contribution < -0.4 is 0 Å². The second kappa shape index (κ2) is 5.43. The monoisotopic (exact) mass is 470 g/mol. The molecule has 0 unspecified atom stereocenters. The number of aromatic nitrogens is 2. The maximum absolute atomic E-state index is 15.0. The van der Waals surface area contributed by atoms with Crippen LogP contribution in [0.25, 0.3) is 5.57 Å². The molecule has 2 aliphatic heterocycles. The van der Waals surface area contributed by atoms with Gasteiger partial charge >= 0.3 is 6.97 Å². The average Bonchev–Trinajstić information content (AvgIpc) is 3.13. The van der Waals surface area contributed by atoms with Gasteiger partial charge in [0.15, 0.2) is 5.70 Å². The van der Waals surface area contributed by atoms with Crippen LogP contribution >= 0.6 is 31.9 Å². The molecule has 0 radical (unpaired) electrons. The Hall–Kier alpha value is -2.14. The zero-order chi connectivity index (χ0) is 17.9. The van der Waals surface area contributed by atoms with E-state index in [9.17, 15) is 10.1 Å². The number of rotatable bonds is 2. The highest BCUT2D eigenvalue weighted by molar-refractivity contribution is 9.18. The van der Waals surface area contributed by atoms with Gasteiger partial charge in [-0.25, -0.2) is 4.98 Å². The Morgan fingerprint density at radius 1 is 1.20 bits per heavy atom. The van der Waals surface area contributed by atoms with Crippen molar-refractivity contribution in [2.45, 2.75) is 0 Å². The van der Waals surface area contributed by atoms with E-state index in [-0.39, 0.29) is 26.3 Å². The summed E-state index contributed by atoms with van der Waals surface area (Å²) in [4.78, 5) is 14.4. The lowest BCUT2D eigenvalue weighted by molar-refractivity contribution is -0.385. The highest BCUT2D eigenvalue weighted by Crippen LogP contribution is 2.41. The molecule has 4 rings (SSSR count). The lowest BCUT2D eigenvalue weighted by Crippen LogP contribution is -2.50. The highest BCUT2D eigenvalue weighted by Gasteiger charge is 2.54. The first-order chi connectivity index (χ1) is 11.8. The van der Waals surface area contributed by atoms with Gasteiger partial charge < -0.3 is 17.6 Å². The van der Waals surface area contributed by atoms with Crippen LogP contribution in [-0.2, 0) is 0 Å². The van der Waals surface area contributed by atoms with E-state index in [4.69, 9.17) is 0 Å². The van der Waals surface area contributed by atoms with Crippen LogP contribution in [0, 0.1) is 10.1 Å². The first kappa shape index (κ1) is 16.3. The molecule has 0 N–H and O–H groups in total. The molecule has 25 heavy (non-hydrogen) atoms. The molecule has 126 valence electrons. The first-order valence-corrected chi connectivity index (χ1v) is 8.65. The molecule has 2 aromatic rings. The van der Waals surface area contributed by atoms with Gasteiger partial charge in [0.05, 0.1) is 20.8 Å². The quantitative estimate of drug-likeness (QED) is 0.379. The normalized spacial score (nSPS) is 17.8. The van der Waals surface area contributed by atoms with Crippen LogP contribution in [-0.4, -0.2) is 30.5 Å². The Bertz CT molecular complexity index is 1030. The smallest absolute Gasteiger partial charge is 0.389 e. The fraction of sp³-hybridized carbons (Fsp3) is 0. The molecule has 11 heteroatoms. The molecule has 0 saturated heterocycles. The Morgan fingerprint density at radius 2 is 1.96 bits per heavy atom. The fourth-order valence-electron chi connectivity index (χ4n) is 3.04. The average molecular weight is 472 g/mol. The van der Waals surface area contributed by atoms with E-state index in [1.165, 1.54) is 24.3 Å². The van der Waals surface area contributed by atoms with Crippen molar-refractivity contribution in [3.63, 3.8) is 0 Å². The van der Waals surface area contributed by atoms with E-state index in [1.54, 1.807) is 12.1 Å². The SMILES string of the molecule is O=[N+]([O-])c1ccc(C2=C3C=CC(Br)=[N+]3[B-](F)(F)n3c(Br)ccc32)nc1. The van der Waals surface area contributed by atoms with Crippen molar-refractivity contribution in [3.8, 4) is 0 Å². The minimum absolute atomic E-state index is 0.164. The second-order valence-corrected chi connectivity index (χ2v) is 7.07. The molecule has 0 amide bonds. The van der Waals surface area contributed by atoms with E-state index in [0.29, 0.717) is 11.3 Å². The van der Waals surface area contributed by atoms with Gasteiger partial charge in [0, 0.05) is 39.8 Å². The van der Waals surface area contributed by atoms with Crippen molar-refractivity contribution < 1.29 is 18.0 Å². The lowest BCUT2D eigenvalue weighted by atomic mass is 9.88. The molecule has 0 aromatic carbocycles. The van der Waals surface area contributed by atoms with Crippen LogP contribution in [0.1, 0.15) is 11.4 Å². The summed E-state index contributed by atoms with van der Waals surface area (Å²) in [5.41, 5.74) is 1.25. The Balaban J connectivity index is 2.02. The summed E-state index contributed by atoms with van der Waals surface area (Å²) in [6.07, 6.45) is 4.23. The highest BCUT2D eigenvalue weighted by atomic mass is 79.9. The first-order valence-electron chi connectivity index (χ1n) is 7.07. The molecule has 0 aliphatic carbocycles. The van der Waals surface area contributed by atoms with Gasteiger partial charge in [0.25, 0.3) is 5.69 Å². The van der Waals surface area contributed by atoms with Gasteiger partial charge in [-0.3, -0.25) is 10.1 Å². The Labute approximate surface area is 156 Å². The zero-order valence-electron chi connectivity index (χ0n) is 12.2. The standard InChI is InChI=1S/C14H7BBr2F2N4O2/c16-12-5-3-10-14(9-2-1-8(7-20-9)23(24)25)11-4-6-13(17)22(11)15(18,19)21(10)12/h1-7H. The zero-order valence-corrected chi connectivity index (χ0v) is 15.4. The lowest BCUT2D eigenvalue weighted by Gasteiger charge is -2.31. The van der Waals surface area contributed by atoms with Gasteiger partial charge in [-0.1, -0.05) is 0 Å². The van der Waals surface area contributed by atoms with Crippen molar-refractivity contribution in [2.24, 2.45) is 0 Å². The summed E-state index contributed by atoms with van der Waals surface area (Å²) in [7, 11) is 0. The topological polar surface area (TPSA) is 64.0 Å². The maximum atomic E-state index is 15.0. The number of halogens is 4. The van der Waals surface area contributed by atoms with Crippen molar-refractivity contribution in [1.29, 1.82) is 0 Å². The summed E-state index contributed by atoms with van der Waals surface area (Å²) in [5, 5.41) is 10.8. The minimum atomic E-state index is -4.10. The largest absolute Gasteiger partial charge is 0.738 e.